The maximum Gasteiger partial charge on any atom is 0.270 e. The molecule has 0 spiro atoms. The molecule has 2 aliphatic rings. The van der Waals surface area contributed by atoms with Crippen molar-refractivity contribution in [3.05, 3.63) is 39.9 Å². The third-order valence-electron chi connectivity index (χ3n) is 4.85. The molecule has 1 aromatic rings. The van der Waals surface area contributed by atoms with E-state index < -0.39 is 4.92 Å². The van der Waals surface area contributed by atoms with Gasteiger partial charge in [0.15, 0.2) is 0 Å². The molecule has 0 N–H and O–H groups in total. The Kier molecular flexibility index (Phi) is 4.78. The number of hydrogen-bond donors (Lipinski definition) is 0. The summed E-state index contributed by atoms with van der Waals surface area (Å²) < 4.78 is 0. The molecule has 2 fully saturated rings. The molecule has 0 aromatic heterocycles. The fourth-order valence-electron chi connectivity index (χ4n) is 3.46. The summed E-state index contributed by atoms with van der Waals surface area (Å²) in [6, 6.07) is 5.80. The van der Waals surface area contributed by atoms with Crippen LogP contribution in [0.15, 0.2) is 24.3 Å². The second-order valence-electron chi connectivity index (χ2n) is 6.41. The molecule has 0 atom stereocenters. The van der Waals surface area contributed by atoms with Crippen molar-refractivity contribution in [3.8, 4) is 0 Å². The molecule has 24 heavy (non-hydrogen) atoms. The van der Waals surface area contributed by atoms with Gasteiger partial charge >= 0.3 is 0 Å². The number of non-ortho nitro benzene ring substituents is 1. The molecule has 1 aromatic carbocycles. The number of carbonyl (C=O) groups is 2. The van der Waals surface area contributed by atoms with Crippen molar-refractivity contribution in [3.63, 3.8) is 0 Å². The van der Waals surface area contributed by atoms with Crippen LogP contribution in [0.25, 0.3) is 0 Å². The summed E-state index contributed by atoms with van der Waals surface area (Å²) >= 11 is 0. The van der Waals surface area contributed by atoms with Gasteiger partial charge in [-0.25, -0.2) is 0 Å². The van der Waals surface area contributed by atoms with E-state index in [0.717, 1.165) is 25.9 Å². The maximum atomic E-state index is 12.5. The fraction of sp³-hybridized carbons (Fsp3) is 0.529. The summed E-state index contributed by atoms with van der Waals surface area (Å²) in [4.78, 5) is 38.9. The quantitative estimate of drug-likeness (QED) is 0.627. The molecule has 7 nitrogen and oxygen atoms in total. The van der Waals surface area contributed by atoms with Gasteiger partial charge < -0.3 is 9.80 Å². The first-order chi connectivity index (χ1) is 11.6. The highest BCUT2D eigenvalue weighted by Gasteiger charge is 2.31. The molecule has 2 amide bonds. The van der Waals surface area contributed by atoms with Gasteiger partial charge in [0.2, 0.25) is 5.91 Å². The molecular formula is C17H21N3O4. The Bertz CT molecular complexity index is 647. The molecule has 2 aliphatic heterocycles. The Morgan fingerprint density at radius 2 is 1.71 bits per heavy atom. The van der Waals surface area contributed by atoms with Gasteiger partial charge in [-0.2, -0.15) is 0 Å². The van der Waals surface area contributed by atoms with Crippen molar-refractivity contribution in [2.45, 2.75) is 25.7 Å². The standard InChI is InChI=1S/C17H21N3O4/c21-16(18-8-1-2-9-18)13-6-10-19(11-7-13)17(22)14-4-3-5-15(12-14)20(23)24/h3-5,12-13H,1-2,6-11H2. The average molecular weight is 331 g/mol. The minimum Gasteiger partial charge on any atom is -0.342 e. The predicted molar refractivity (Wildman–Crippen MR) is 87.5 cm³/mol. The van der Waals surface area contributed by atoms with E-state index in [2.05, 4.69) is 0 Å². The topological polar surface area (TPSA) is 83.8 Å². The van der Waals surface area contributed by atoms with Crippen LogP contribution in [-0.2, 0) is 4.79 Å². The van der Waals surface area contributed by atoms with E-state index in [1.54, 1.807) is 11.0 Å². The summed E-state index contributed by atoms with van der Waals surface area (Å²) in [5.41, 5.74) is 0.244. The number of benzene rings is 1. The number of rotatable bonds is 3. The zero-order chi connectivity index (χ0) is 17.1. The van der Waals surface area contributed by atoms with Gasteiger partial charge in [0.05, 0.1) is 4.92 Å². The number of nitrogens with zero attached hydrogens (tertiary/aromatic N) is 3. The minimum atomic E-state index is -0.502. The highest BCUT2D eigenvalue weighted by atomic mass is 16.6. The predicted octanol–water partition coefficient (Wildman–Crippen LogP) is 2.07. The number of likely N-dealkylation sites (tertiary alicyclic amines) is 2. The normalized spacial score (nSPS) is 18.7. The molecular weight excluding hydrogens is 310 g/mol. The van der Waals surface area contributed by atoms with Gasteiger partial charge in [-0.3, -0.25) is 19.7 Å². The molecule has 0 aliphatic carbocycles. The molecule has 3 rings (SSSR count). The second kappa shape index (κ2) is 6.98. The van der Waals surface area contributed by atoms with E-state index in [0.29, 0.717) is 31.5 Å². The maximum absolute atomic E-state index is 12.5. The number of nitro groups is 1. The minimum absolute atomic E-state index is 0.00254. The van der Waals surface area contributed by atoms with Crippen LogP contribution in [0, 0.1) is 16.0 Å². The zero-order valence-electron chi connectivity index (χ0n) is 13.5. The van der Waals surface area contributed by atoms with Gasteiger partial charge in [-0.05, 0) is 31.7 Å². The number of nitro benzene ring substituents is 1. The van der Waals surface area contributed by atoms with Crippen molar-refractivity contribution in [2.75, 3.05) is 26.2 Å². The van der Waals surface area contributed by atoms with Gasteiger partial charge in [0, 0.05) is 49.8 Å². The Balaban J connectivity index is 1.60. The lowest BCUT2D eigenvalue weighted by molar-refractivity contribution is -0.384. The molecule has 2 saturated heterocycles. The van der Waals surface area contributed by atoms with Gasteiger partial charge in [-0.1, -0.05) is 6.07 Å². The highest BCUT2D eigenvalue weighted by Crippen LogP contribution is 2.24. The highest BCUT2D eigenvalue weighted by molar-refractivity contribution is 5.95. The SMILES string of the molecule is O=C(c1cccc([N+](=O)[O-])c1)N1CCC(C(=O)N2CCCC2)CC1. The summed E-state index contributed by atoms with van der Waals surface area (Å²) in [5, 5.41) is 10.8. The smallest absolute Gasteiger partial charge is 0.270 e. The van der Waals surface area contributed by atoms with Crippen molar-refractivity contribution in [1.82, 2.24) is 9.80 Å². The van der Waals surface area contributed by atoms with Crippen LogP contribution in [0.2, 0.25) is 0 Å². The third kappa shape index (κ3) is 3.39. The lowest BCUT2D eigenvalue weighted by Crippen LogP contribution is -2.43. The second-order valence-corrected chi connectivity index (χ2v) is 6.41. The summed E-state index contributed by atoms with van der Waals surface area (Å²) in [7, 11) is 0. The van der Waals surface area contributed by atoms with Crippen LogP contribution in [-0.4, -0.2) is 52.7 Å². The molecule has 7 heteroatoms. The summed E-state index contributed by atoms with van der Waals surface area (Å²) in [6.07, 6.45) is 3.48. The van der Waals surface area contributed by atoms with Crippen LogP contribution >= 0.6 is 0 Å². The molecule has 2 heterocycles. The molecule has 0 radical (unpaired) electrons. The van der Waals surface area contributed by atoms with Crippen LogP contribution in [0.3, 0.4) is 0 Å². The van der Waals surface area contributed by atoms with Crippen LogP contribution in [0.4, 0.5) is 5.69 Å². The third-order valence-corrected chi connectivity index (χ3v) is 4.85. The van der Waals surface area contributed by atoms with E-state index in [1.165, 1.54) is 18.2 Å². The van der Waals surface area contributed by atoms with Crippen molar-refractivity contribution in [1.29, 1.82) is 0 Å². The summed E-state index contributed by atoms with van der Waals surface area (Å²) in [5.74, 6) is 0.0120. The lowest BCUT2D eigenvalue weighted by atomic mass is 9.95. The van der Waals surface area contributed by atoms with Gasteiger partial charge in [-0.15, -0.1) is 0 Å². The van der Waals surface area contributed by atoms with Crippen molar-refractivity contribution in [2.24, 2.45) is 5.92 Å². The Labute approximate surface area is 140 Å². The van der Waals surface area contributed by atoms with E-state index in [9.17, 15) is 19.7 Å². The van der Waals surface area contributed by atoms with Gasteiger partial charge in [0.1, 0.15) is 0 Å². The molecule has 0 saturated carbocycles. The Hall–Kier alpha value is -2.44. The number of amides is 2. The Morgan fingerprint density at radius 1 is 1.04 bits per heavy atom. The van der Waals surface area contributed by atoms with E-state index in [4.69, 9.17) is 0 Å². The monoisotopic (exact) mass is 331 g/mol. The number of carbonyl (C=O) groups excluding carboxylic acids is 2. The molecule has 0 bridgehead atoms. The molecule has 128 valence electrons. The Morgan fingerprint density at radius 3 is 2.33 bits per heavy atom. The largest absolute Gasteiger partial charge is 0.342 e. The first kappa shape index (κ1) is 16.4. The van der Waals surface area contributed by atoms with E-state index in [1.807, 2.05) is 4.90 Å². The van der Waals surface area contributed by atoms with E-state index in [-0.39, 0.29) is 23.4 Å². The fourth-order valence-corrected chi connectivity index (χ4v) is 3.46. The van der Waals surface area contributed by atoms with E-state index >= 15 is 0 Å². The van der Waals surface area contributed by atoms with Crippen LogP contribution in [0.5, 0.6) is 0 Å². The van der Waals surface area contributed by atoms with Crippen LogP contribution in [0.1, 0.15) is 36.0 Å². The number of hydrogen-bond acceptors (Lipinski definition) is 4. The van der Waals surface area contributed by atoms with Crippen LogP contribution < -0.4 is 0 Å². The van der Waals surface area contributed by atoms with Crippen molar-refractivity contribution < 1.29 is 14.5 Å². The van der Waals surface area contributed by atoms with Gasteiger partial charge in [0.25, 0.3) is 11.6 Å². The average Bonchev–Trinajstić information content (AvgIpc) is 3.15. The molecule has 0 unspecified atom stereocenters. The zero-order valence-corrected chi connectivity index (χ0v) is 13.5. The lowest BCUT2D eigenvalue weighted by Gasteiger charge is -2.33. The van der Waals surface area contributed by atoms with Crippen molar-refractivity contribution >= 4 is 17.5 Å². The summed E-state index contributed by atoms with van der Waals surface area (Å²) in [6.45, 7) is 2.74. The first-order valence-electron chi connectivity index (χ1n) is 8.39. The first-order valence-corrected chi connectivity index (χ1v) is 8.39. The number of piperidine rings is 1.